The van der Waals surface area contributed by atoms with Crippen LogP contribution in [0, 0.1) is 0 Å². The molecule has 4 heteroatoms. The molecule has 0 amide bonds. The Balaban J connectivity index is 2.42. The molecule has 3 nitrogen and oxygen atoms in total. The largest absolute Gasteiger partial charge is 0.463 e. The number of ether oxygens (including phenoxy) is 1. The molecule has 0 heterocycles. The zero-order valence-corrected chi connectivity index (χ0v) is 13.5. The third-order valence-corrected chi connectivity index (χ3v) is 8.39. The number of esters is 1. The van der Waals surface area contributed by atoms with Crippen molar-refractivity contribution in [1.29, 1.82) is 0 Å². The van der Waals surface area contributed by atoms with Crippen LogP contribution >= 0.6 is 0 Å². The first-order chi connectivity index (χ1) is 8.15. The summed E-state index contributed by atoms with van der Waals surface area (Å²) in [7, 11) is -1.67. The second-order valence-electron chi connectivity index (χ2n) is 6.46. The maximum Gasteiger partial charge on any atom is 0.330 e. The van der Waals surface area contributed by atoms with E-state index in [1.54, 1.807) is 6.08 Å². The van der Waals surface area contributed by atoms with Gasteiger partial charge in [-0.1, -0.05) is 26.3 Å². The fourth-order valence-electron chi connectivity index (χ4n) is 1.67. The van der Waals surface area contributed by atoms with Gasteiger partial charge in [-0.15, -0.1) is 0 Å². The summed E-state index contributed by atoms with van der Waals surface area (Å²) < 4.78 is 11.1. The normalized spacial score (nSPS) is 20.3. The van der Waals surface area contributed by atoms with Gasteiger partial charge in [0.2, 0.25) is 0 Å². The molecule has 0 aromatic heterocycles. The van der Waals surface area contributed by atoms with Crippen molar-refractivity contribution in [1.82, 2.24) is 0 Å². The van der Waals surface area contributed by atoms with E-state index >= 15 is 0 Å². The van der Waals surface area contributed by atoms with E-state index in [9.17, 15) is 4.79 Å². The quantitative estimate of drug-likeness (QED) is 0.444. The van der Waals surface area contributed by atoms with Crippen LogP contribution in [-0.2, 0) is 14.0 Å². The molecule has 0 spiro atoms. The lowest BCUT2D eigenvalue weighted by Crippen LogP contribution is -2.46. The number of hydrogen-bond acceptors (Lipinski definition) is 3. The molecule has 0 aromatic carbocycles. The Bertz CT molecular complexity index is 331. The number of carbonyl (C=O) groups is 1. The van der Waals surface area contributed by atoms with Crippen LogP contribution < -0.4 is 0 Å². The van der Waals surface area contributed by atoms with Gasteiger partial charge in [0.1, 0.15) is 0 Å². The van der Waals surface area contributed by atoms with E-state index in [1.165, 1.54) is 0 Å². The van der Waals surface area contributed by atoms with Crippen molar-refractivity contribution >= 4 is 14.3 Å². The molecule has 1 aliphatic carbocycles. The van der Waals surface area contributed by atoms with E-state index in [-0.39, 0.29) is 11.0 Å². The van der Waals surface area contributed by atoms with E-state index in [2.05, 4.69) is 33.9 Å². The summed E-state index contributed by atoms with van der Waals surface area (Å²) in [6.45, 7) is 13.5. The Morgan fingerprint density at radius 2 is 1.94 bits per heavy atom. The maximum atomic E-state index is 11.3. The van der Waals surface area contributed by atoms with Crippen LogP contribution in [0.4, 0.5) is 0 Å². The average Bonchev–Trinajstić information content (AvgIpc) is 2.12. The zero-order valence-electron chi connectivity index (χ0n) is 12.5. The lowest BCUT2D eigenvalue weighted by molar-refractivity contribution is -0.137. The van der Waals surface area contributed by atoms with E-state index < -0.39 is 8.32 Å². The molecule has 18 heavy (non-hydrogen) atoms. The Kier molecular flexibility index (Phi) is 4.78. The van der Waals surface area contributed by atoms with Crippen molar-refractivity contribution in [3.63, 3.8) is 0 Å². The molecule has 0 atom stereocenters. The van der Waals surface area contributed by atoms with Crippen LogP contribution in [0.15, 0.2) is 11.6 Å². The molecule has 0 saturated heterocycles. The molecule has 0 unspecified atom stereocenters. The summed E-state index contributed by atoms with van der Waals surface area (Å²) in [5, 5.41) is 0.244. The minimum absolute atomic E-state index is 0.224. The molecular weight excluding hydrogens is 244 g/mol. The number of carbonyl (C=O) groups excluding carboxylic acids is 1. The highest BCUT2D eigenvalue weighted by Crippen LogP contribution is 2.41. The maximum absolute atomic E-state index is 11.3. The standard InChI is InChI=1S/C14H26O3Si/c1-7-16-13(15)10-11-8-12(9-11)17-18(5,6)14(2,3)4/h10,12H,7-9H2,1-6H3. The molecule has 1 fully saturated rings. The summed E-state index contributed by atoms with van der Waals surface area (Å²) in [6, 6.07) is 0. The van der Waals surface area contributed by atoms with E-state index in [0.29, 0.717) is 12.7 Å². The molecule has 1 saturated carbocycles. The minimum atomic E-state index is -1.67. The monoisotopic (exact) mass is 270 g/mol. The van der Waals surface area contributed by atoms with Crippen molar-refractivity contribution in [3.8, 4) is 0 Å². The Hall–Kier alpha value is -0.613. The van der Waals surface area contributed by atoms with Gasteiger partial charge in [0.05, 0.1) is 12.7 Å². The van der Waals surface area contributed by atoms with Gasteiger partial charge in [0.15, 0.2) is 8.32 Å². The van der Waals surface area contributed by atoms with Crippen LogP contribution in [0.2, 0.25) is 18.1 Å². The smallest absolute Gasteiger partial charge is 0.330 e. The molecule has 0 N–H and O–H groups in total. The summed E-state index contributed by atoms with van der Waals surface area (Å²) in [4.78, 5) is 11.3. The van der Waals surface area contributed by atoms with Gasteiger partial charge in [-0.05, 0) is 37.9 Å². The predicted octanol–water partition coefficient (Wildman–Crippen LogP) is 3.66. The van der Waals surface area contributed by atoms with Gasteiger partial charge in [0.25, 0.3) is 0 Å². The molecule has 1 rings (SSSR count). The van der Waals surface area contributed by atoms with Crippen molar-refractivity contribution < 1.29 is 14.0 Å². The number of hydrogen-bond donors (Lipinski definition) is 0. The predicted molar refractivity (Wildman–Crippen MR) is 76.0 cm³/mol. The number of rotatable bonds is 4. The Morgan fingerprint density at radius 3 is 2.39 bits per heavy atom. The molecule has 0 radical (unpaired) electrons. The Morgan fingerprint density at radius 1 is 1.39 bits per heavy atom. The van der Waals surface area contributed by atoms with Crippen LogP contribution in [0.25, 0.3) is 0 Å². The highest BCUT2D eigenvalue weighted by atomic mass is 28.4. The minimum Gasteiger partial charge on any atom is -0.463 e. The topological polar surface area (TPSA) is 35.5 Å². The first-order valence-electron chi connectivity index (χ1n) is 6.69. The average molecular weight is 270 g/mol. The van der Waals surface area contributed by atoms with Gasteiger partial charge in [-0.3, -0.25) is 0 Å². The summed E-state index contributed by atoms with van der Waals surface area (Å²) in [6.07, 6.45) is 3.68. The van der Waals surface area contributed by atoms with Gasteiger partial charge in [-0.25, -0.2) is 4.79 Å². The van der Waals surface area contributed by atoms with Gasteiger partial charge < -0.3 is 9.16 Å². The molecule has 0 aromatic rings. The zero-order chi connectivity index (χ0) is 14.0. The van der Waals surface area contributed by atoms with Crippen LogP contribution in [0.3, 0.4) is 0 Å². The SMILES string of the molecule is CCOC(=O)C=C1CC(O[Si](C)(C)C(C)(C)C)C1. The van der Waals surface area contributed by atoms with Crippen LogP contribution in [0.5, 0.6) is 0 Å². The van der Waals surface area contributed by atoms with Crippen molar-refractivity contribution in [3.05, 3.63) is 11.6 Å². The fourth-order valence-corrected chi connectivity index (χ4v) is 3.02. The van der Waals surface area contributed by atoms with Gasteiger partial charge in [0, 0.05) is 6.08 Å². The van der Waals surface area contributed by atoms with E-state index in [1.807, 2.05) is 6.92 Å². The molecule has 0 aliphatic heterocycles. The van der Waals surface area contributed by atoms with Crippen molar-refractivity contribution in [2.24, 2.45) is 0 Å². The summed E-state index contributed by atoms with van der Waals surface area (Å²) in [5.41, 5.74) is 1.15. The lowest BCUT2D eigenvalue weighted by Gasteiger charge is -2.42. The second-order valence-corrected chi connectivity index (χ2v) is 11.2. The van der Waals surface area contributed by atoms with E-state index in [4.69, 9.17) is 9.16 Å². The molecule has 104 valence electrons. The molecule has 1 aliphatic rings. The van der Waals surface area contributed by atoms with Gasteiger partial charge >= 0.3 is 5.97 Å². The van der Waals surface area contributed by atoms with Crippen LogP contribution in [-0.4, -0.2) is 27.0 Å². The summed E-state index contributed by atoms with van der Waals surface area (Å²) in [5.74, 6) is -0.224. The first-order valence-corrected chi connectivity index (χ1v) is 9.60. The van der Waals surface area contributed by atoms with Gasteiger partial charge in [-0.2, -0.15) is 0 Å². The highest BCUT2D eigenvalue weighted by Gasteiger charge is 2.41. The van der Waals surface area contributed by atoms with Crippen molar-refractivity contribution in [2.75, 3.05) is 6.61 Å². The first kappa shape index (κ1) is 15.4. The Labute approximate surface area is 112 Å². The third-order valence-electron chi connectivity index (χ3n) is 3.86. The highest BCUT2D eigenvalue weighted by molar-refractivity contribution is 6.74. The third kappa shape index (κ3) is 3.95. The van der Waals surface area contributed by atoms with E-state index in [0.717, 1.165) is 18.4 Å². The molecular formula is C14H26O3Si. The van der Waals surface area contributed by atoms with Crippen LogP contribution in [0.1, 0.15) is 40.5 Å². The fraction of sp³-hybridized carbons (Fsp3) is 0.786. The van der Waals surface area contributed by atoms with Crippen molar-refractivity contribution in [2.45, 2.75) is 64.8 Å². The molecule has 0 bridgehead atoms. The summed E-state index contributed by atoms with van der Waals surface area (Å²) >= 11 is 0. The lowest BCUT2D eigenvalue weighted by atomic mass is 9.89. The second kappa shape index (κ2) is 5.57.